The fourth-order valence-electron chi connectivity index (χ4n) is 12.0. The maximum absolute atomic E-state index is 12.8. The summed E-state index contributed by atoms with van der Waals surface area (Å²) in [6, 6.07) is 0. The van der Waals surface area contributed by atoms with E-state index in [1.165, 1.54) is 0 Å². The van der Waals surface area contributed by atoms with Gasteiger partial charge in [-0.3, -0.25) is 0 Å². The molecule has 5 aliphatic rings. The predicted octanol–water partition coefficient (Wildman–Crippen LogP) is 5.50. The quantitative estimate of drug-likeness (QED) is 0.398. The van der Waals surface area contributed by atoms with Gasteiger partial charge in [-0.15, -0.1) is 0 Å². The van der Waals surface area contributed by atoms with Gasteiger partial charge in [0.15, 0.2) is 5.60 Å². The van der Waals surface area contributed by atoms with Crippen LogP contribution >= 0.6 is 0 Å². The Balaban J connectivity index is 1.62. The molecule has 0 saturated heterocycles. The van der Waals surface area contributed by atoms with E-state index in [1.807, 2.05) is 0 Å². The number of rotatable bonds is 2. The van der Waals surface area contributed by atoms with Gasteiger partial charge in [0.25, 0.3) is 0 Å². The number of fused-ring (bicyclic) bond motifs is 7. The average molecular weight is 505 g/mol. The molecule has 0 aromatic carbocycles. The lowest BCUT2D eigenvalue weighted by Gasteiger charge is -2.75. The summed E-state index contributed by atoms with van der Waals surface area (Å²) in [5, 5.41) is 44.3. The molecule has 5 nitrogen and oxygen atoms in total. The lowest BCUT2D eigenvalue weighted by molar-refractivity contribution is -0.298. The molecule has 0 radical (unpaired) electrons. The summed E-state index contributed by atoms with van der Waals surface area (Å²) in [4.78, 5) is 12.8. The zero-order chi connectivity index (χ0) is 26.7. The largest absolute Gasteiger partial charge is 0.479 e. The second-order valence-corrected chi connectivity index (χ2v) is 15.5. The first-order chi connectivity index (χ1) is 16.6. The molecule has 5 rings (SSSR count). The minimum absolute atomic E-state index is 0.0209. The van der Waals surface area contributed by atoms with Crippen molar-refractivity contribution in [3.8, 4) is 0 Å². The van der Waals surface area contributed by atoms with Crippen LogP contribution in [0.1, 0.15) is 106 Å². The third kappa shape index (κ3) is 2.92. The van der Waals surface area contributed by atoms with Crippen molar-refractivity contribution in [1.82, 2.24) is 0 Å². The van der Waals surface area contributed by atoms with Crippen LogP contribution in [0.25, 0.3) is 0 Å². The van der Waals surface area contributed by atoms with Crippen molar-refractivity contribution >= 4 is 5.97 Å². The number of carbonyl (C=O) groups is 1. The molecule has 0 aliphatic heterocycles. The summed E-state index contributed by atoms with van der Waals surface area (Å²) in [6.07, 6.45) is 7.30. The standard InChI is InChI=1S/C31H52O5/c1-18-16-23(33)27(4)13-14-28(5)20(24(27)19(18)2)8-9-22-29(28,6)11-10-21-26(3,17-32)12-15-31(36,25(34)35)30(21,22)7/h18-24,32-33,36H,8-17H2,1-7H3,(H,34,35)/t18-,19+,20-,21+,22+,23?,24+,26?,27+,28-,29-,30+,31?/m1/s1. The summed E-state index contributed by atoms with van der Waals surface area (Å²) >= 11 is 0. The Morgan fingerprint density at radius 1 is 0.861 bits per heavy atom. The van der Waals surface area contributed by atoms with E-state index in [-0.39, 0.29) is 52.6 Å². The van der Waals surface area contributed by atoms with Gasteiger partial charge in [-0.25, -0.2) is 4.79 Å². The van der Waals surface area contributed by atoms with E-state index in [2.05, 4.69) is 48.5 Å². The number of carboxylic acids is 1. The topological polar surface area (TPSA) is 98.0 Å². The van der Waals surface area contributed by atoms with Gasteiger partial charge in [-0.05, 0) is 115 Å². The van der Waals surface area contributed by atoms with Crippen molar-refractivity contribution in [1.29, 1.82) is 0 Å². The Hall–Kier alpha value is -0.650. The smallest absolute Gasteiger partial charge is 0.336 e. The third-order valence-electron chi connectivity index (χ3n) is 14.8. The molecule has 0 aromatic heterocycles. The van der Waals surface area contributed by atoms with E-state index in [1.54, 1.807) is 0 Å². The lowest BCUT2D eigenvalue weighted by atomic mass is 9.29. The van der Waals surface area contributed by atoms with Gasteiger partial charge in [0.1, 0.15) is 0 Å². The highest BCUT2D eigenvalue weighted by Crippen LogP contribution is 2.78. The zero-order valence-corrected chi connectivity index (χ0v) is 23.8. The first kappa shape index (κ1) is 26.9. The van der Waals surface area contributed by atoms with E-state index < -0.39 is 17.0 Å². The van der Waals surface area contributed by atoms with Crippen molar-refractivity contribution in [3.05, 3.63) is 0 Å². The fraction of sp³-hybridized carbons (Fsp3) is 0.968. The third-order valence-corrected chi connectivity index (χ3v) is 14.8. The van der Waals surface area contributed by atoms with Gasteiger partial charge in [0.05, 0.1) is 6.10 Å². The summed E-state index contributed by atoms with van der Waals surface area (Å²) < 4.78 is 0. The first-order valence-electron chi connectivity index (χ1n) is 14.8. The van der Waals surface area contributed by atoms with Crippen LogP contribution in [0.2, 0.25) is 0 Å². The average Bonchev–Trinajstić information content (AvgIpc) is 2.81. The Bertz CT molecular complexity index is 921. The summed E-state index contributed by atoms with van der Waals surface area (Å²) in [6.45, 7) is 16.2. The van der Waals surface area contributed by atoms with Crippen LogP contribution in [0.15, 0.2) is 0 Å². The fourth-order valence-corrected chi connectivity index (χ4v) is 12.0. The zero-order valence-electron chi connectivity index (χ0n) is 23.8. The molecule has 5 fully saturated rings. The van der Waals surface area contributed by atoms with Gasteiger partial charge in [0.2, 0.25) is 0 Å². The maximum atomic E-state index is 12.8. The van der Waals surface area contributed by atoms with E-state index in [0.717, 1.165) is 44.9 Å². The predicted molar refractivity (Wildman–Crippen MR) is 140 cm³/mol. The second kappa shape index (κ2) is 7.94. The van der Waals surface area contributed by atoms with E-state index >= 15 is 0 Å². The molecule has 3 unspecified atom stereocenters. The summed E-state index contributed by atoms with van der Waals surface area (Å²) in [5.41, 5.74) is -3.04. The number of aliphatic hydroxyl groups is 3. The van der Waals surface area contributed by atoms with Crippen molar-refractivity contribution in [3.63, 3.8) is 0 Å². The molecule has 5 saturated carbocycles. The highest BCUT2D eigenvalue weighted by molar-refractivity contribution is 5.79. The minimum atomic E-state index is -1.77. The number of aliphatic carboxylic acids is 1. The van der Waals surface area contributed by atoms with Gasteiger partial charge in [-0.2, -0.15) is 0 Å². The molecular weight excluding hydrogens is 452 g/mol. The molecule has 13 atom stereocenters. The van der Waals surface area contributed by atoms with E-state index in [0.29, 0.717) is 30.1 Å². The molecule has 0 amide bonds. The highest BCUT2D eigenvalue weighted by Gasteiger charge is 2.75. The van der Waals surface area contributed by atoms with Gasteiger partial charge >= 0.3 is 5.97 Å². The molecule has 0 aromatic rings. The molecule has 5 aliphatic carbocycles. The van der Waals surface area contributed by atoms with Gasteiger partial charge in [0, 0.05) is 12.0 Å². The maximum Gasteiger partial charge on any atom is 0.336 e. The van der Waals surface area contributed by atoms with Crippen LogP contribution < -0.4 is 0 Å². The van der Waals surface area contributed by atoms with Gasteiger partial charge in [-0.1, -0.05) is 48.5 Å². The molecule has 0 heterocycles. The molecule has 0 spiro atoms. The normalized spacial score (nSPS) is 60.8. The summed E-state index contributed by atoms with van der Waals surface area (Å²) in [7, 11) is 0. The van der Waals surface area contributed by atoms with Crippen LogP contribution in [0.4, 0.5) is 0 Å². The van der Waals surface area contributed by atoms with Crippen molar-refractivity contribution in [2.75, 3.05) is 6.61 Å². The van der Waals surface area contributed by atoms with E-state index in [9.17, 15) is 25.2 Å². The van der Waals surface area contributed by atoms with Crippen LogP contribution in [0.5, 0.6) is 0 Å². The molecular formula is C31H52O5. The Morgan fingerprint density at radius 3 is 2.14 bits per heavy atom. The van der Waals surface area contributed by atoms with Crippen LogP contribution in [0.3, 0.4) is 0 Å². The number of carboxylic acid groups (broad SMARTS) is 1. The van der Waals surface area contributed by atoms with Gasteiger partial charge < -0.3 is 20.4 Å². The number of hydrogen-bond acceptors (Lipinski definition) is 4. The lowest BCUT2D eigenvalue weighted by Crippen LogP contribution is -2.74. The first-order valence-corrected chi connectivity index (χ1v) is 14.8. The molecule has 0 bridgehead atoms. The molecule has 4 N–H and O–H groups in total. The van der Waals surface area contributed by atoms with Crippen molar-refractivity contribution in [2.45, 2.75) is 118 Å². The minimum Gasteiger partial charge on any atom is -0.479 e. The van der Waals surface area contributed by atoms with Crippen LogP contribution in [-0.4, -0.2) is 44.7 Å². The Kier molecular flexibility index (Phi) is 5.94. The van der Waals surface area contributed by atoms with Crippen molar-refractivity contribution < 1.29 is 25.2 Å². The van der Waals surface area contributed by atoms with E-state index in [4.69, 9.17) is 0 Å². The van der Waals surface area contributed by atoms with Crippen LogP contribution in [0, 0.1) is 62.6 Å². The molecule has 36 heavy (non-hydrogen) atoms. The molecule has 206 valence electrons. The van der Waals surface area contributed by atoms with Crippen molar-refractivity contribution in [2.24, 2.45) is 62.6 Å². The number of aliphatic hydroxyl groups excluding tert-OH is 2. The second-order valence-electron chi connectivity index (χ2n) is 15.5. The highest BCUT2D eigenvalue weighted by atomic mass is 16.4. The number of hydrogen-bond donors (Lipinski definition) is 4. The Morgan fingerprint density at radius 2 is 1.53 bits per heavy atom. The SMILES string of the molecule is C[C@@H]1[C@H]2[C@H]3CC[C@@H]4[C@]5(C)[C@@H](CC[C@@]4(C)[C@]3(C)CC[C@@]2(C)C(O)C[C@H]1C)C(C)(CO)CCC5(O)C(=O)O. The van der Waals surface area contributed by atoms with Crippen LogP contribution in [-0.2, 0) is 4.79 Å². The Labute approximate surface area is 218 Å². The summed E-state index contributed by atoms with van der Waals surface area (Å²) in [5.74, 6) is 0.996. The monoisotopic (exact) mass is 504 g/mol. The molecule has 5 heteroatoms.